The van der Waals surface area contributed by atoms with E-state index in [2.05, 4.69) is 0 Å². The molecule has 3 atom stereocenters. The van der Waals surface area contributed by atoms with Gasteiger partial charge in [0.15, 0.2) is 0 Å². The van der Waals surface area contributed by atoms with Gasteiger partial charge in [-0.15, -0.1) is 0 Å². The molecule has 2 fully saturated rings. The summed E-state index contributed by atoms with van der Waals surface area (Å²) in [5, 5.41) is 0. The Morgan fingerprint density at radius 2 is 2.27 bits per heavy atom. The van der Waals surface area contributed by atoms with Crippen LogP contribution in [0.15, 0.2) is 0 Å². The van der Waals surface area contributed by atoms with Gasteiger partial charge >= 0.3 is 0 Å². The van der Waals surface area contributed by atoms with Crippen molar-refractivity contribution in [2.24, 2.45) is 16.7 Å². The lowest BCUT2D eigenvalue weighted by Gasteiger charge is -2.32. The molecule has 0 spiro atoms. The second kappa shape index (κ2) is 1.70. The van der Waals surface area contributed by atoms with Crippen LogP contribution in [-0.2, 0) is 4.79 Å². The zero-order chi connectivity index (χ0) is 11.9. The highest BCUT2D eigenvalue weighted by Gasteiger charge is 2.61. The van der Waals surface area contributed by atoms with Crippen molar-refractivity contribution in [1.29, 1.82) is 0 Å². The largest absolute Gasteiger partial charge is 0.299 e. The molecule has 11 heavy (non-hydrogen) atoms. The van der Waals surface area contributed by atoms with Gasteiger partial charge in [0.05, 0.1) is 0 Å². The van der Waals surface area contributed by atoms with E-state index >= 15 is 0 Å². The van der Waals surface area contributed by atoms with E-state index in [4.69, 9.17) is 5.48 Å². The van der Waals surface area contributed by atoms with E-state index < -0.39 is 35.3 Å². The smallest absolute Gasteiger partial charge is 0.139 e. The minimum absolute atomic E-state index is 0.307. The fraction of sp³-hybridized carbons (Fsp3) is 0.900. The Bertz CT molecular complexity index is 351. The van der Waals surface area contributed by atoms with Gasteiger partial charge in [-0.05, 0) is 24.1 Å². The Morgan fingerprint density at radius 1 is 1.64 bits per heavy atom. The van der Waals surface area contributed by atoms with Gasteiger partial charge in [0.25, 0.3) is 0 Å². The van der Waals surface area contributed by atoms with Crippen LogP contribution in [0.5, 0.6) is 0 Å². The molecule has 2 aliphatic carbocycles. The molecular formula is C10H16O. The van der Waals surface area contributed by atoms with E-state index in [1.807, 2.05) is 0 Å². The fourth-order valence-electron chi connectivity index (χ4n) is 1.96. The predicted octanol–water partition coefficient (Wildman–Crippen LogP) is 2.40. The number of fused-ring (bicyclic) bond motifs is 2. The number of Topliss-reactive ketones (excluding diaryl/α,β-unsaturated/α-hetero) is 1. The minimum Gasteiger partial charge on any atom is -0.299 e. The van der Waals surface area contributed by atoms with Crippen LogP contribution in [0.2, 0.25) is 0 Å². The summed E-state index contributed by atoms with van der Waals surface area (Å²) < 4.78 is 31.7. The van der Waals surface area contributed by atoms with Crippen LogP contribution in [0.4, 0.5) is 0 Å². The number of ketones is 1. The van der Waals surface area contributed by atoms with Gasteiger partial charge in [-0.2, -0.15) is 0 Å². The molecule has 2 rings (SSSR count). The zero-order valence-corrected chi connectivity index (χ0v) is 7.19. The lowest BCUT2D eigenvalue weighted by molar-refractivity contribution is -0.128. The minimum atomic E-state index is -2.18. The third-order valence-electron chi connectivity index (χ3n) is 3.52. The van der Waals surface area contributed by atoms with Crippen molar-refractivity contribution < 1.29 is 10.3 Å². The molecule has 2 bridgehead atoms. The van der Waals surface area contributed by atoms with Crippen molar-refractivity contribution in [2.75, 3.05) is 0 Å². The molecule has 0 radical (unpaired) electrons. The molecular weight excluding hydrogens is 136 g/mol. The Balaban J connectivity index is 2.73. The fourth-order valence-corrected chi connectivity index (χ4v) is 1.96. The number of carbonyl (C=O) groups is 1. The topological polar surface area (TPSA) is 17.1 Å². The van der Waals surface area contributed by atoms with Gasteiger partial charge in [-0.25, -0.2) is 0 Å². The highest BCUT2D eigenvalue weighted by Crippen LogP contribution is 2.63. The van der Waals surface area contributed by atoms with E-state index in [1.165, 1.54) is 0 Å². The van der Waals surface area contributed by atoms with E-state index in [1.54, 1.807) is 20.8 Å². The molecule has 0 aromatic carbocycles. The Labute approximate surface area is 73.8 Å². The molecule has 1 heteroatoms. The van der Waals surface area contributed by atoms with Crippen molar-refractivity contribution in [3.63, 3.8) is 0 Å². The van der Waals surface area contributed by atoms with Gasteiger partial charge in [0.1, 0.15) is 5.78 Å². The molecule has 0 saturated heterocycles. The van der Waals surface area contributed by atoms with Crippen LogP contribution in [-0.4, -0.2) is 5.78 Å². The van der Waals surface area contributed by atoms with E-state index in [-0.39, 0.29) is 0 Å². The average Bonchev–Trinajstić information content (AvgIpc) is 2.28. The SMILES string of the molecule is [2H]C1CC2(C)C(=O)C([2H])([2H])C1([2H])C2(C)C. The second-order valence-corrected chi connectivity index (χ2v) is 4.23. The Morgan fingerprint density at radius 3 is 2.64 bits per heavy atom. The maximum Gasteiger partial charge on any atom is 0.139 e. The first-order valence-electron chi connectivity index (χ1n) is 6.08. The van der Waals surface area contributed by atoms with Gasteiger partial charge in [-0.3, -0.25) is 4.79 Å². The molecule has 0 aromatic heterocycles. The molecule has 0 amide bonds. The maximum atomic E-state index is 12.0. The molecule has 1 nitrogen and oxygen atoms in total. The van der Waals surface area contributed by atoms with Gasteiger partial charge in [0, 0.05) is 17.3 Å². The molecule has 2 aliphatic rings. The summed E-state index contributed by atoms with van der Waals surface area (Å²) >= 11 is 0. The summed E-state index contributed by atoms with van der Waals surface area (Å²) in [7, 11) is 0. The van der Waals surface area contributed by atoms with E-state index in [0.29, 0.717) is 6.42 Å². The quantitative estimate of drug-likeness (QED) is 0.526. The summed E-state index contributed by atoms with van der Waals surface area (Å²) in [6.07, 6.45) is -2.69. The van der Waals surface area contributed by atoms with Crippen LogP contribution < -0.4 is 0 Å². The van der Waals surface area contributed by atoms with Crippen molar-refractivity contribution in [2.45, 2.75) is 40.0 Å². The van der Waals surface area contributed by atoms with Crippen molar-refractivity contribution >= 4 is 5.78 Å². The molecule has 0 heterocycles. The zero-order valence-electron chi connectivity index (χ0n) is 11.2. The molecule has 0 N–H and O–H groups in total. The number of carbonyl (C=O) groups excluding carboxylic acids is 1. The summed E-state index contributed by atoms with van der Waals surface area (Å²) in [5.41, 5.74) is -1.63. The third kappa shape index (κ3) is 0.605. The first kappa shape index (κ1) is 4.06. The number of rotatable bonds is 0. The third-order valence-corrected chi connectivity index (χ3v) is 3.52. The lowest BCUT2D eigenvalue weighted by Crippen LogP contribution is -2.32. The number of hydrogen-bond acceptors (Lipinski definition) is 1. The number of hydrogen-bond donors (Lipinski definition) is 0. The standard InChI is InChI=1S/C10H16O/c1-9(2)7-4-5-10(9,3)8(11)6-7/h7H,4-6H2,1-3H3/i4D,6D2,7D. The van der Waals surface area contributed by atoms with Crippen LogP contribution >= 0.6 is 0 Å². The van der Waals surface area contributed by atoms with E-state index in [9.17, 15) is 4.79 Å². The molecule has 0 aliphatic heterocycles. The predicted molar refractivity (Wildman–Crippen MR) is 44.2 cm³/mol. The van der Waals surface area contributed by atoms with Crippen LogP contribution in [0.25, 0.3) is 0 Å². The molecule has 62 valence electrons. The van der Waals surface area contributed by atoms with Gasteiger partial charge in [-0.1, -0.05) is 20.8 Å². The molecule has 3 unspecified atom stereocenters. The summed E-state index contributed by atoms with van der Waals surface area (Å²) in [6, 6.07) is 0. The normalized spacial score (nSPS) is 70.1. The Hall–Kier alpha value is -0.330. The highest BCUT2D eigenvalue weighted by atomic mass is 16.1. The molecule has 2 saturated carbocycles. The van der Waals surface area contributed by atoms with E-state index in [0.717, 1.165) is 0 Å². The summed E-state index contributed by atoms with van der Waals surface area (Å²) in [4.78, 5) is 12.0. The maximum absolute atomic E-state index is 12.0. The summed E-state index contributed by atoms with van der Waals surface area (Å²) in [6.45, 7) is 5.20. The van der Waals surface area contributed by atoms with Crippen molar-refractivity contribution in [3.8, 4) is 0 Å². The highest BCUT2D eigenvalue weighted by molar-refractivity contribution is 5.89. The summed E-state index contributed by atoms with van der Waals surface area (Å²) in [5.74, 6) is -2.09. The monoisotopic (exact) mass is 156 g/mol. The Kier molecular flexibility index (Phi) is 0.628. The second-order valence-electron chi connectivity index (χ2n) is 4.23. The van der Waals surface area contributed by atoms with Crippen LogP contribution in [0.1, 0.15) is 45.4 Å². The average molecular weight is 156 g/mol. The lowest BCUT2D eigenvalue weighted by atomic mass is 9.70. The van der Waals surface area contributed by atoms with Crippen LogP contribution in [0.3, 0.4) is 0 Å². The van der Waals surface area contributed by atoms with Gasteiger partial charge in [0.2, 0.25) is 0 Å². The van der Waals surface area contributed by atoms with Gasteiger partial charge < -0.3 is 0 Å². The van der Waals surface area contributed by atoms with Crippen molar-refractivity contribution in [3.05, 3.63) is 0 Å². The first-order valence-corrected chi connectivity index (χ1v) is 4.00. The van der Waals surface area contributed by atoms with Crippen molar-refractivity contribution in [1.82, 2.24) is 0 Å². The molecule has 0 aromatic rings. The first-order chi connectivity index (χ1) is 6.53. The van der Waals surface area contributed by atoms with Crippen LogP contribution in [0, 0.1) is 16.7 Å².